The molecule has 2 aliphatic rings. The lowest BCUT2D eigenvalue weighted by Crippen LogP contribution is -2.44. The largest absolute Gasteiger partial charge is 0.414 e. The fourth-order valence-corrected chi connectivity index (χ4v) is 1.90. The molecule has 0 spiro atoms. The number of nitrogens with one attached hydrogen (secondary N) is 1. The number of hydrogen-bond acceptors (Lipinski definition) is 4. The Morgan fingerprint density at radius 1 is 1.42 bits per heavy atom. The second kappa shape index (κ2) is 5.45. The molecule has 0 radical (unpaired) electrons. The Morgan fingerprint density at radius 3 is 2.95 bits per heavy atom. The van der Waals surface area contributed by atoms with Crippen LogP contribution in [0.5, 0.6) is 0 Å². The third-order valence-corrected chi connectivity index (χ3v) is 3.05. The van der Waals surface area contributed by atoms with Crippen LogP contribution in [0.4, 0.5) is 4.79 Å². The Bertz CT molecular complexity index is 485. The smallest absolute Gasteiger partial charge is 0.413 e. The quantitative estimate of drug-likeness (QED) is 0.623. The van der Waals surface area contributed by atoms with E-state index < -0.39 is 18.0 Å². The van der Waals surface area contributed by atoms with Gasteiger partial charge in [0.1, 0.15) is 0 Å². The Hall–Kier alpha value is -1.80. The number of hydrogen-bond donors (Lipinski definition) is 1. The molecule has 19 heavy (non-hydrogen) atoms. The topological polar surface area (TPSA) is 64.6 Å². The molecular formula is C14H17NO4. The van der Waals surface area contributed by atoms with Crippen molar-refractivity contribution in [3.05, 3.63) is 11.8 Å². The first-order valence-corrected chi connectivity index (χ1v) is 6.46. The van der Waals surface area contributed by atoms with Gasteiger partial charge < -0.3 is 9.47 Å². The van der Waals surface area contributed by atoms with Crippen molar-refractivity contribution in [3.63, 3.8) is 0 Å². The molecule has 1 N–H and O–H groups in total. The van der Waals surface area contributed by atoms with E-state index in [2.05, 4.69) is 24.1 Å². The zero-order valence-corrected chi connectivity index (χ0v) is 11.1. The Balaban J connectivity index is 2.04. The van der Waals surface area contributed by atoms with Crippen LogP contribution >= 0.6 is 0 Å². The van der Waals surface area contributed by atoms with Crippen LogP contribution in [-0.4, -0.2) is 23.8 Å². The Morgan fingerprint density at radius 2 is 2.21 bits per heavy atom. The van der Waals surface area contributed by atoms with Crippen LogP contribution in [-0.2, 0) is 14.3 Å². The summed E-state index contributed by atoms with van der Waals surface area (Å²) in [5.74, 6) is 5.54. The molecule has 0 saturated carbocycles. The minimum atomic E-state index is -1.23. The van der Waals surface area contributed by atoms with E-state index in [0.717, 1.165) is 25.7 Å². The van der Waals surface area contributed by atoms with Gasteiger partial charge in [0.2, 0.25) is 12.1 Å². The summed E-state index contributed by atoms with van der Waals surface area (Å²) in [7, 11) is 0. The van der Waals surface area contributed by atoms with E-state index in [4.69, 9.17) is 9.47 Å². The van der Waals surface area contributed by atoms with E-state index in [-0.39, 0.29) is 5.78 Å². The second-order valence-corrected chi connectivity index (χ2v) is 4.74. The third-order valence-electron chi connectivity index (χ3n) is 3.05. The number of fused-ring (bicyclic) bond motifs is 1. The predicted molar refractivity (Wildman–Crippen MR) is 67.9 cm³/mol. The zero-order valence-electron chi connectivity index (χ0n) is 11.1. The van der Waals surface area contributed by atoms with Crippen molar-refractivity contribution in [1.29, 1.82) is 0 Å². The van der Waals surface area contributed by atoms with Crippen molar-refractivity contribution in [2.24, 2.45) is 0 Å². The molecule has 0 aromatic rings. The first-order chi connectivity index (χ1) is 9.05. The molecule has 1 amide bonds. The molecule has 5 nitrogen and oxygen atoms in total. The predicted octanol–water partition coefficient (Wildman–Crippen LogP) is 1.88. The van der Waals surface area contributed by atoms with Crippen molar-refractivity contribution in [2.45, 2.75) is 51.4 Å². The summed E-state index contributed by atoms with van der Waals surface area (Å²) < 4.78 is 10.4. The molecule has 0 aromatic carbocycles. The Labute approximate surface area is 112 Å². The van der Waals surface area contributed by atoms with Gasteiger partial charge in [0.15, 0.2) is 5.60 Å². The summed E-state index contributed by atoms with van der Waals surface area (Å²) in [5, 5.41) is 2.41. The van der Waals surface area contributed by atoms with Crippen LogP contribution in [0, 0.1) is 11.8 Å². The monoisotopic (exact) mass is 263 g/mol. The maximum absolute atomic E-state index is 12.0. The fourth-order valence-electron chi connectivity index (χ4n) is 1.90. The number of unbranched alkanes of at least 4 members (excludes halogenated alkanes) is 3. The van der Waals surface area contributed by atoms with Gasteiger partial charge in [-0.25, -0.2) is 4.79 Å². The van der Waals surface area contributed by atoms with Crippen LogP contribution < -0.4 is 5.32 Å². The minimum absolute atomic E-state index is 0.271. The maximum atomic E-state index is 12.0. The summed E-state index contributed by atoms with van der Waals surface area (Å²) in [6.45, 7) is 3.72. The molecule has 0 aliphatic carbocycles. The highest BCUT2D eigenvalue weighted by Gasteiger charge is 2.44. The van der Waals surface area contributed by atoms with Crippen LogP contribution in [0.2, 0.25) is 0 Å². The normalized spacial score (nSPS) is 28.7. The van der Waals surface area contributed by atoms with E-state index in [9.17, 15) is 9.59 Å². The van der Waals surface area contributed by atoms with E-state index >= 15 is 0 Å². The molecule has 5 heteroatoms. The molecule has 2 aliphatic heterocycles. The van der Waals surface area contributed by atoms with Crippen molar-refractivity contribution in [2.75, 3.05) is 0 Å². The highest BCUT2D eigenvalue weighted by molar-refractivity contribution is 6.01. The summed E-state index contributed by atoms with van der Waals surface area (Å²) in [4.78, 5) is 23.0. The molecule has 0 bridgehead atoms. The third kappa shape index (κ3) is 2.96. The molecule has 102 valence electrons. The van der Waals surface area contributed by atoms with Crippen molar-refractivity contribution in [3.8, 4) is 11.8 Å². The van der Waals surface area contributed by atoms with Gasteiger partial charge in [-0.1, -0.05) is 31.6 Å². The first kappa shape index (κ1) is 13.6. The van der Waals surface area contributed by atoms with Gasteiger partial charge in [-0.15, -0.1) is 0 Å². The number of rotatable bonds is 3. The van der Waals surface area contributed by atoms with Gasteiger partial charge in [0, 0.05) is 12.5 Å². The lowest BCUT2D eigenvalue weighted by molar-refractivity contribution is -0.158. The van der Waals surface area contributed by atoms with E-state index in [1.807, 2.05) is 0 Å². The van der Waals surface area contributed by atoms with Crippen molar-refractivity contribution < 1.29 is 19.1 Å². The first-order valence-electron chi connectivity index (χ1n) is 6.46. The van der Waals surface area contributed by atoms with Crippen LogP contribution in [0.3, 0.4) is 0 Å². The molecule has 1 saturated heterocycles. The van der Waals surface area contributed by atoms with Crippen LogP contribution in [0.15, 0.2) is 11.8 Å². The van der Waals surface area contributed by atoms with E-state index in [1.165, 1.54) is 6.08 Å². The van der Waals surface area contributed by atoms with Gasteiger partial charge >= 0.3 is 6.09 Å². The maximum Gasteiger partial charge on any atom is 0.414 e. The lowest BCUT2D eigenvalue weighted by atomic mass is 9.97. The number of carbonyl (C=O) groups is 2. The average Bonchev–Trinajstić information content (AvgIpc) is 2.69. The van der Waals surface area contributed by atoms with Crippen LogP contribution in [0.1, 0.15) is 39.5 Å². The van der Waals surface area contributed by atoms with Crippen molar-refractivity contribution in [1.82, 2.24) is 5.32 Å². The Kier molecular flexibility index (Phi) is 3.91. The van der Waals surface area contributed by atoms with E-state index in [1.54, 1.807) is 6.92 Å². The fraction of sp³-hybridized carbons (Fsp3) is 0.571. The van der Waals surface area contributed by atoms with E-state index in [0.29, 0.717) is 5.70 Å². The molecule has 2 heterocycles. The van der Waals surface area contributed by atoms with Gasteiger partial charge in [0.05, 0.1) is 5.70 Å². The van der Waals surface area contributed by atoms with Crippen LogP contribution in [0.25, 0.3) is 0 Å². The molecule has 1 fully saturated rings. The summed E-state index contributed by atoms with van der Waals surface area (Å²) in [6, 6.07) is 0. The highest BCUT2D eigenvalue weighted by atomic mass is 16.7. The molecular weight excluding hydrogens is 246 g/mol. The van der Waals surface area contributed by atoms with Gasteiger partial charge in [-0.05, 0) is 13.3 Å². The number of amides is 1. The average molecular weight is 263 g/mol. The number of ketones is 1. The van der Waals surface area contributed by atoms with Gasteiger partial charge in [-0.2, -0.15) is 0 Å². The summed E-state index contributed by atoms with van der Waals surface area (Å²) in [5.41, 5.74) is -0.882. The summed E-state index contributed by atoms with van der Waals surface area (Å²) >= 11 is 0. The molecule has 0 aromatic heterocycles. The SMILES string of the molecule is CCCCCC#CC1(C)OC2OC(=O)NC2=CC1=O. The number of ether oxygens (including phenoxy) is 2. The number of carbonyl (C=O) groups excluding carboxylic acids is 2. The zero-order chi connectivity index (χ0) is 13.9. The lowest BCUT2D eigenvalue weighted by Gasteiger charge is -2.28. The standard InChI is InChI=1S/C14H17NO4/c1-3-4-5-6-7-8-14(2)11(16)9-10-12(19-14)18-13(17)15-10/h9,12H,3-6H2,1-2H3,(H,15,17). The molecule has 2 rings (SSSR count). The minimum Gasteiger partial charge on any atom is -0.413 e. The van der Waals surface area contributed by atoms with Gasteiger partial charge in [0.25, 0.3) is 0 Å². The van der Waals surface area contributed by atoms with Gasteiger partial charge in [-0.3, -0.25) is 10.1 Å². The second-order valence-electron chi connectivity index (χ2n) is 4.74. The molecule has 2 unspecified atom stereocenters. The van der Waals surface area contributed by atoms with Crippen molar-refractivity contribution >= 4 is 11.9 Å². The summed E-state index contributed by atoms with van der Waals surface area (Å²) in [6.07, 6.45) is 3.87. The highest BCUT2D eigenvalue weighted by Crippen LogP contribution is 2.27. The number of alkyl carbamates (subject to hydrolysis) is 1. The molecule has 2 atom stereocenters.